The van der Waals surface area contributed by atoms with Crippen molar-refractivity contribution in [3.63, 3.8) is 0 Å². The molecule has 1 saturated carbocycles. The van der Waals surface area contributed by atoms with Crippen LogP contribution in [0.2, 0.25) is 0 Å². The van der Waals surface area contributed by atoms with Gasteiger partial charge in [0.05, 0.1) is 0 Å². The Labute approximate surface area is 185 Å². The third-order valence-electron chi connectivity index (χ3n) is 7.54. The normalized spacial score (nSPS) is 22.0. The average Bonchev–Trinajstić information content (AvgIpc) is 3.17. The van der Waals surface area contributed by atoms with Crippen LogP contribution >= 0.6 is 0 Å². The molecule has 0 radical (unpaired) electrons. The second kappa shape index (κ2) is 9.21. The van der Waals surface area contributed by atoms with Gasteiger partial charge in [-0.1, -0.05) is 6.42 Å². The number of ether oxygens (including phenoxy) is 2. The van der Waals surface area contributed by atoms with Crippen LogP contribution in [0, 0.1) is 0 Å². The zero-order valence-electron chi connectivity index (χ0n) is 18.7. The molecule has 0 N–H and O–H groups in total. The number of piperidine rings is 2. The number of methoxy groups -OCH3 is 1. The Morgan fingerprint density at radius 3 is 2.42 bits per heavy atom. The third kappa shape index (κ3) is 4.46. The minimum atomic E-state index is 0.0959. The number of fused-ring (bicyclic) bond motifs is 1. The number of likely N-dealkylation sites (tertiary alicyclic amines) is 2. The fourth-order valence-corrected chi connectivity index (χ4v) is 5.45. The summed E-state index contributed by atoms with van der Waals surface area (Å²) >= 11 is 0. The molecule has 0 atom stereocenters. The van der Waals surface area contributed by atoms with Crippen LogP contribution in [0.1, 0.15) is 51.0 Å². The number of hydrogen-bond acceptors (Lipinski definition) is 4. The largest absolute Gasteiger partial charge is 0.490 e. The van der Waals surface area contributed by atoms with Crippen molar-refractivity contribution >= 4 is 16.8 Å². The van der Waals surface area contributed by atoms with Crippen LogP contribution in [0.4, 0.5) is 0 Å². The summed E-state index contributed by atoms with van der Waals surface area (Å²) in [5.74, 6) is 1.09. The van der Waals surface area contributed by atoms with E-state index in [1.54, 1.807) is 7.11 Å². The third-order valence-corrected chi connectivity index (χ3v) is 7.54. The van der Waals surface area contributed by atoms with Crippen molar-refractivity contribution < 1.29 is 14.3 Å². The predicted molar refractivity (Wildman–Crippen MR) is 122 cm³/mol. The number of carbonyl (C=O) groups is 1. The highest BCUT2D eigenvalue weighted by atomic mass is 16.5. The fraction of sp³-hybridized carbons (Fsp3) is 0.640. The summed E-state index contributed by atoms with van der Waals surface area (Å²) in [6, 6.07) is 10.0. The van der Waals surface area contributed by atoms with Crippen molar-refractivity contribution in [2.45, 2.75) is 63.1 Å². The van der Waals surface area contributed by atoms with Gasteiger partial charge in [0.25, 0.3) is 0 Å². The number of nitrogens with zero attached hydrogens (tertiary/aromatic N) is 3. The highest BCUT2D eigenvalue weighted by molar-refractivity contribution is 5.82. The molecule has 6 nitrogen and oxygen atoms in total. The number of carbonyl (C=O) groups excluding carboxylic acids is 1. The highest BCUT2D eigenvalue weighted by Gasteiger charge is 2.29. The maximum absolute atomic E-state index is 12.1. The molecule has 3 aliphatic rings. The molecular formula is C25H35N3O3. The first-order chi connectivity index (χ1) is 15.2. The lowest BCUT2D eigenvalue weighted by Crippen LogP contribution is -2.46. The number of benzene rings is 1. The van der Waals surface area contributed by atoms with E-state index >= 15 is 0 Å². The monoisotopic (exact) mass is 425 g/mol. The highest BCUT2D eigenvalue weighted by Crippen LogP contribution is 2.32. The van der Waals surface area contributed by atoms with Crippen molar-refractivity contribution in [3.05, 3.63) is 30.5 Å². The summed E-state index contributed by atoms with van der Waals surface area (Å²) < 4.78 is 13.7. The Bertz CT molecular complexity index is 891. The molecule has 3 heterocycles. The summed E-state index contributed by atoms with van der Waals surface area (Å²) in [6.45, 7) is 4.14. The maximum Gasteiger partial charge on any atom is 0.248 e. The Balaban J connectivity index is 1.18. The van der Waals surface area contributed by atoms with Crippen molar-refractivity contribution in [2.75, 3.05) is 39.9 Å². The molecule has 0 bridgehead atoms. The summed E-state index contributed by atoms with van der Waals surface area (Å²) in [4.78, 5) is 16.6. The van der Waals surface area contributed by atoms with E-state index in [1.807, 2.05) is 4.90 Å². The van der Waals surface area contributed by atoms with Gasteiger partial charge in [0.1, 0.15) is 18.5 Å². The van der Waals surface area contributed by atoms with Gasteiger partial charge in [0.15, 0.2) is 0 Å². The molecule has 2 aliphatic heterocycles. The molecule has 1 amide bonds. The van der Waals surface area contributed by atoms with Crippen LogP contribution in [0.25, 0.3) is 10.9 Å². The van der Waals surface area contributed by atoms with E-state index in [0.29, 0.717) is 12.1 Å². The lowest BCUT2D eigenvalue weighted by atomic mass is 9.90. The van der Waals surface area contributed by atoms with Crippen LogP contribution in [-0.4, -0.2) is 72.3 Å². The average molecular weight is 426 g/mol. The molecular weight excluding hydrogens is 390 g/mol. The van der Waals surface area contributed by atoms with Gasteiger partial charge in [-0.2, -0.15) is 0 Å². The van der Waals surface area contributed by atoms with E-state index in [4.69, 9.17) is 9.47 Å². The van der Waals surface area contributed by atoms with Gasteiger partial charge in [0.2, 0.25) is 5.91 Å². The van der Waals surface area contributed by atoms with E-state index in [0.717, 1.165) is 50.6 Å². The standard InChI is InChI=1S/C25H35N3O3/c1-30-18-25(29)27-12-8-21(9-13-27)28-16-7-19-17-23(5-6-24(19)28)31-22-10-14-26(15-11-22)20-3-2-4-20/h5-7,16-17,20-22H,2-4,8-15,18H2,1H3. The van der Waals surface area contributed by atoms with E-state index in [9.17, 15) is 4.79 Å². The van der Waals surface area contributed by atoms with Gasteiger partial charge >= 0.3 is 0 Å². The first kappa shape index (κ1) is 20.8. The van der Waals surface area contributed by atoms with Crippen LogP contribution in [-0.2, 0) is 9.53 Å². The molecule has 6 heteroatoms. The van der Waals surface area contributed by atoms with Crippen LogP contribution in [0.15, 0.2) is 30.5 Å². The van der Waals surface area contributed by atoms with E-state index in [2.05, 4.69) is 39.9 Å². The molecule has 5 rings (SSSR count). The Hall–Kier alpha value is -2.05. The van der Waals surface area contributed by atoms with E-state index in [1.165, 1.54) is 43.3 Å². The van der Waals surface area contributed by atoms with Crippen molar-refractivity contribution in [1.82, 2.24) is 14.4 Å². The topological polar surface area (TPSA) is 46.9 Å². The number of amides is 1. The first-order valence-electron chi connectivity index (χ1n) is 12.0. The summed E-state index contributed by atoms with van der Waals surface area (Å²) in [5.41, 5.74) is 1.26. The molecule has 0 spiro atoms. The second-order valence-electron chi connectivity index (χ2n) is 9.43. The summed E-state index contributed by atoms with van der Waals surface area (Å²) in [7, 11) is 1.58. The minimum absolute atomic E-state index is 0.0959. The minimum Gasteiger partial charge on any atom is -0.490 e. The fourth-order valence-electron chi connectivity index (χ4n) is 5.45. The van der Waals surface area contributed by atoms with Crippen LogP contribution < -0.4 is 4.74 Å². The zero-order valence-corrected chi connectivity index (χ0v) is 18.7. The molecule has 168 valence electrons. The number of rotatable bonds is 6. The molecule has 1 aromatic heterocycles. The molecule has 2 saturated heterocycles. The van der Waals surface area contributed by atoms with E-state index in [-0.39, 0.29) is 12.5 Å². The van der Waals surface area contributed by atoms with Gasteiger partial charge in [-0.3, -0.25) is 4.79 Å². The van der Waals surface area contributed by atoms with Crippen molar-refractivity contribution in [2.24, 2.45) is 0 Å². The molecule has 1 aromatic carbocycles. The molecule has 0 unspecified atom stereocenters. The van der Waals surface area contributed by atoms with Gasteiger partial charge in [-0.05, 0) is 62.8 Å². The Morgan fingerprint density at radius 2 is 1.74 bits per heavy atom. The van der Waals surface area contributed by atoms with E-state index < -0.39 is 0 Å². The Morgan fingerprint density at radius 1 is 0.968 bits per heavy atom. The predicted octanol–water partition coefficient (Wildman–Crippen LogP) is 3.85. The number of hydrogen-bond donors (Lipinski definition) is 0. The van der Waals surface area contributed by atoms with Crippen LogP contribution in [0.5, 0.6) is 5.75 Å². The van der Waals surface area contributed by atoms with Gasteiger partial charge < -0.3 is 23.8 Å². The summed E-state index contributed by atoms with van der Waals surface area (Å²) in [5, 5.41) is 1.24. The lowest BCUT2D eigenvalue weighted by Gasteiger charge is -2.41. The molecule has 2 aromatic rings. The maximum atomic E-state index is 12.1. The first-order valence-corrected chi connectivity index (χ1v) is 12.0. The Kier molecular flexibility index (Phi) is 6.19. The number of aromatic nitrogens is 1. The van der Waals surface area contributed by atoms with Crippen molar-refractivity contribution in [3.8, 4) is 5.75 Å². The van der Waals surface area contributed by atoms with Gasteiger partial charge in [0, 0.05) is 62.5 Å². The summed E-state index contributed by atoms with van der Waals surface area (Å²) in [6.07, 6.45) is 11.0. The molecule has 3 fully saturated rings. The van der Waals surface area contributed by atoms with Crippen molar-refractivity contribution in [1.29, 1.82) is 0 Å². The lowest BCUT2D eigenvalue weighted by molar-refractivity contribution is -0.136. The van der Waals surface area contributed by atoms with Gasteiger partial charge in [-0.15, -0.1) is 0 Å². The van der Waals surface area contributed by atoms with Crippen LogP contribution in [0.3, 0.4) is 0 Å². The zero-order chi connectivity index (χ0) is 21.2. The smallest absolute Gasteiger partial charge is 0.248 e. The van der Waals surface area contributed by atoms with Gasteiger partial charge in [-0.25, -0.2) is 0 Å². The second-order valence-corrected chi connectivity index (χ2v) is 9.43. The quantitative estimate of drug-likeness (QED) is 0.705. The molecule has 31 heavy (non-hydrogen) atoms. The SMILES string of the molecule is COCC(=O)N1CCC(n2ccc3cc(OC4CCN(C5CCC5)CC4)ccc32)CC1. The molecule has 1 aliphatic carbocycles.